The molecule has 4 aromatic rings. The van der Waals surface area contributed by atoms with Crippen LogP contribution in [0.25, 0.3) is 16.4 Å². The number of terminal acetylenes is 1. The van der Waals surface area contributed by atoms with E-state index in [9.17, 15) is 23.5 Å². The molecular weight excluding hydrogens is 518 g/mol. The summed E-state index contributed by atoms with van der Waals surface area (Å²) in [4.78, 5) is 4.25. The van der Waals surface area contributed by atoms with Crippen molar-refractivity contribution >= 4 is 22.7 Å². The van der Waals surface area contributed by atoms with Gasteiger partial charge in [-0.3, -0.25) is 0 Å². The zero-order chi connectivity index (χ0) is 26.3. The van der Waals surface area contributed by atoms with Crippen LogP contribution in [-0.4, -0.2) is 29.5 Å². The molecule has 0 amide bonds. The van der Waals surface area contributed by atoms with E-state index in [0.717, 1.165) is 24.1 Å². The summed E-state index contributed by atoms with van der Waals surface area (Å²) >= 11 is -0.752. The summed E-state index contributed by atoms with van der Waals surface area (Å²) in [5, 5.41) is 31.3. The van der Waals surface area contributed by atoms with Gasteiger partial charge in [-0.25, -0.2) is 18.4 Å². The van der Waals surface area contributed by atoms with Crippen molar-refractivity contribution in [3.05, 3.63) is 81.5 Å². The van der Waals surface area contributed by atoms with Crippen molar-refractivity contribution in [2.24, 2.45) is 11.1 Å². The lowest BCUT2D eigenvalue weighted by molar-refractivity contribution is -0.0454. The Morgan fingerprint density at radius 1 is 1.22 bits per heavy atom. The summed E-state index contributed by atoms with van der Waals surface area (Å²) in [5.41, 5.74) is 3.52. The SMILES string of the molecule is C#Cc1cc(-c2nn(-c3nc(C(O)O)cs3)c(CC3CC3)c2Cc2ccc([S+](N)[O-])c(F)c2)ccc1F. The summed E-state index contributed by atoms with van der Waals surface area (Å²) in [6.45, 7) is 0. The van der Waals surface area contributed by atoms with Crippen molar-refractivity contribution < 1.29 is 23.5 Å². The Balaban J connectivity index is 1.69. The average molecular weight is 541 g/mol. The highest BCUT2D eigenvalue weighted by molar-refractivity contribution is 7.89. The Hall–Kier alpha value is -3.11. The van der Waals surface area contributed by atoms with Crippen molar-refractivity contribution in [1.29, 1.82) is 0 Å². The molecule has 0 radical (unpaired) electrons. The van der Waals surface area contributed by atoms with E-state index in [1.54, 1.807) is 22.9 Å². The normalized spacial score (nSPS) is 14.2. The van der Waals surface area contributed by atoms with E-state index < -0.39 is 29.3 Å². The van der Waals surface area contributed by atoms with Crippen LogP contribution in [0.15, 0.2) is 46.7 Å². The molecule has 1 aliphatic carbocycles. The number of halogens is 2. The maximum atomic E-state index is 14.6. The molecule has 1 aliphatic rings. The van der Waals surface area contributed by atoms with E-state index in [-0.39, 0.29) is 22.6 Å². The Kier molecular flexibility index (Phi) is 7.13. The van der Waals surface area contributed by atoms with E-state index in [2.05, 4.69) is 10.9 Å². The van der Waals surface area contributed by atoms with Gasteiger partial charge >= 0.3 is 0 Å². The molecule has 1 saturated carbocycles. The molecule has 37 heavy (non-hydrogen) atoms. The molecule has 5 rings (SSSR count). The minimum atomic E-state index is -1.96. The number of benzene rings is 2. The summed E-state index contributed by atoms with van der Waals surface area (Å²) in [6, 6.07) is 8.76. The highest BCUT2D eigenvalue weighted by Crippen LogP contribution is 2.38. The molecule has 190 valence electrons. The monoisotopic (exact) mass is 540 g/mol. The number of thiazole rings is 1. The van der Waals surface area contributed by atoms with E-state index in [1.165, 1.54) is 34.9 Å². The lowest BCUT2D eigenvalue weighted by Crippen LogP contribution is -2.14. The fourth-order valence-corrected chi connectivity index (χ4v) is 5.43. The van der Waals surface area contributed by atoms with Crippen LogP contribution in [0.2, 0.25) is 0 Å². The van der Waals surface area contributed by atoms with Gasteiger partial charge in [-0.1, -0.05) is 12.0 Å². The molecule has 7 nitrogen and oxygen atoms in total. The molecule has 0 bridgehead atoms. The van der Waals surface area contributed by atoms with Crippen LogP contribution in [0.3, 0.4) is 0 Å². The van der Waals surface area contributed by atoms with Crippen molar-refractivity contribution in [2.75, 3.05) is 0 Å². The standard InChI is InChI=1S/C26H22F2N4O3S2/c1-2-16-12-17(6-7-19(16)27)24-18(9-15-5-8-23(37(29)35)20(28)10-15)22(11-14-3-4-14)32(31-24)26-30-21(13-36-26)25(33)34/h1,5-8,10,12-14,25,33-34H,3-4,9,11,29H2. The molecule has 4 N–H and O–H groups in total. The molecule has 0 aliphatic heterocycles. The molecule has 0 spiro atoms. The van der Waals surface area contributed by atoms with Gasteiger partial charge in [0.2, 0.25) is 10.0 Å². The van der Waals surface area contributed by atoms with Crippen LogP contribution in [0.5, 0.6) is 0 Å². The molecule has 11 heteroatoms. The molecule has 1 fully saturated rings. The van der Waals surface area contributed by atoms with Crippen molar-refractivity contribution in [3.8, 4) is 28.7 Å². The first kappa shape index (κ1) is 25.5. The van der Waals surface area contributed by atoms with Gasteiger partial charge in [-0.15, -0.1) is 22.9 Å². The number of rotatable bonds is 8. The van der Waals surface area contributed by atoms with E-state index in [1.807, 2.05) is 0 Å². The van der Waals surface area contributed by atoms with Gasteiger partial charge in [-0.05, 0) is 61.1 Å². The molecule has 2 heterocycles. The summed E-state index contributed by atoms with van der Waals surface area (Å²) in [5.74, 6) is 1.59. The fraction of sp³-hybridized carbons (Fsp3) is 0.231. The van der Waals surface area contributed by atoms with Crippen LogP contribution < -0.4 is 5.14 Å². The van der Waals surface area contributed by atoms with Crippen LogP contribution >= 0.6 is 11.3 Å². The number of nitrogens with two attached hydrogens (primary N) is 1. The van der Waals surface area contributed by atoms with Crippen molar-refractivity contribution in [1.82, 2.24) is 14.8 Å². The van der Waals surface area contributed by atoms with E-state index >= 15 is 0 Å². The summed E-state index contributed by atoms with van der Waals surface area (Å²) in [6.07, 6.45) is 6.84. The lowest BCUT2D eigenvalue weighted by Gasteiger charge is -2.10. The number of aliphatic hydroxyl groups is 2. The minimum Gasteiger partial charge on any atom is -0.593 e. The number of aliphatic hydroxyl groups excluding tert-OH is 1. The highest BCUT2D eigenvalue weighted by atomic mass is 32.2. The smallest absolute Gasteiger partial charge is 0.210 e. The predicted octanol–water partition coefficient (Wildman–Crippen LogP) is 3.76. The Morgan fingerprint density at radius 3 is 2.62 bits per heavy atom. The quantitative estimate of drug-likeness (QED) is 0.178. The maximum Gasteiger partial charge on any atom is 0.210 e. The molecular formula is C26H22F2N4O3S2. The second-order valence-corrected chi connectivity index (χ2v) is 10.7. The summed E-state index contributed by atoms with van der Waals surface area (Å²) in [7, 11) is 0. The minimum absolute atomic E-state index is 0.0857. The zero-order valence-corrected chi connectivity index (χ0v) is 21.0. The van der Waals surface area contributed by atoms with Gasteiger partial charge < -0.3 is 14.8 Å². The summed E-state index contributed by atoms with van der Waals surface area (Å²) < 4.78 is 42.1. The first-order chi connectivity index (χ1) is 17.7. The van der Waals surface area contributed by atoms with Gasteiger partial charge in [0.1, 0.15) is 11.5 Å². The highest BCUT2D eigenvalue weighted by Gasteiger charge is 2.29. The van der Waals surface area contributed by atoms with Crippen molar-refractivity contribution in [3.63, 3.8) is 0 Å². The third-order valence-corrected chi connectivity index (χ3v) is 7.81. The first-order valence-corrected chi connectivity index (χ1v) is 13.5. The van der Waals surface area contributed by atoms with E-state index in [0.29, 0.717) is 34.3 Å². The van der Waals surface area contributed by atoms with Crippen LogP contribution in [0.4, 0.5) is 8.78 Å². The van der Waals surface area contributed by atoms with Gasteiger partial charge in [0.15, 0.2) is 12.1 Å². The van der Waals surface area contributed by atoms with Gasteiger partial charge in [0.25, 0.3) is 0 Å². The Labute approximate surface area is 218 Å². The molecule has 1 atom stereocenters. The molecule has 2 aromatic heterocycles. The third kappa shape index (κ3) is 5.31. The fourth-order valence-electron chi connectivity index (χ4n) is 4.16. The number of hydrogen-bond acceptors (Lipinski definition) is 7. The van der Waals surface area contributed by atoms with Crippen molar-refractivity contribution in [2.45, 2.75) is 36.9 Å². The largest absolute Gasteiger partial charge is 0.593 e. The number of aromatic nitrogens is 3. The predicted molar refractivity (Wildman–Crippen MR) is 136 cm³/mol. The van der Waals surface area contributed by atoms with Crippen LogP contribution in [0.1, 0.15) is 47.2 Å². The third-order valence-electron chi connectivity index (χ3n) is 6.21. The second kappa shape index (κ2) is 10.3. The maximum absolute atomic E-state index is 14.6. The van der Waals surface area contributed by atoms with Crippen LogP contribution in [-0.2, 0) is 24.2 Å². The van der Waals surface area contributed by atoms with Gasteiger partial charge in [-0.2, -0.15) is 5.10 Å². The second-order valence-electron chi connectivity index (χ2n) is 8.84. The lowest BCUT2D eigenvalue weighted by atomic mass is 9.96. The van der Waals surface area contributed by atoms with E-state index in [4.69, 9.17) is 16.7 Å². The Morgan fingerprint density at radius 2 is 2.00 bits per heavy atom. The topological polar surface area (TPSA) is 120 Å². The zero-order valence-electron chi connectivity index (χ0n) is 19.4. The average Bonchev–Trinajstić information content (AvgIpc) is 3.42. The van der Waals surface area contributed by atoms with Crippen LogP contribution in [0, 0.1) is 29.9 Å². The number of hydrogen-bond donors (Lipinski definition) is 3. The number of nitrogens with zero attached hydrogens (tertiary/aromatic N) is 3. The first-order valence-electron chi connectivity index (χ1n) is 11.4. The molecule has 1 unspecified atom stereocenters. The van der Waals surface area contributed by atoms with Gasteiger partial charge in [0.05, 0.1) is 28.3 Å². The molecule has 0 saturated heterocycles. The van der Waals surface area contributed by atoms with Gasteiger partial charge in [0, 0.05) is 22.9 Å². The molecule has 2 aromatic carbocycles. The Bertz CT molecular complexity index is 1510.